The predicted molar refractivity (Wildman–Crippen MR) is 178 cm³/mol. The standard InChI is InChI=1S/C38H37FN2O7/c1-5-7-19-44-29-14-16-31(24(3)21-29)37(42)46-28-12-9-26(10-13-28)35-40-41-36(48-35)27-11-18-34(33(39)23-27)47-38(43)32-17-15-30(22-25(32)4)45-20-8-6-2/h9-18,21-23H,5-8,19-20H2,1-4H3. The van der Waals surface area contributed by atoms with Crippen molar-refractivity contribution in [1.82, 2.24) is 10.2 Å². The van der Waals surface area contributed by atoms with Crippen molar-refractivity contribution in [3.63, 3.8) is 0 Å². The van der Waals surface area contributed by atoms with Gasteiger partial charge in [0.2, 0.25) is 11.8 Å². The fraction of sp³-hybridized carbons (Fsp3) is 0.263. The number of halogens is 1. The lowest BCUT2D eigenvalue weighted by molar-refractivity contribution is 0.0720. The molecule has 0 bridgehead atoms. The molecule has 0 aliphatic heterocycles. The van der Waals surface area contributed by atoms with Crippen LogP contribution < -0.4 is 18.9 Å². The molecular weight excluding hydrogens is 615 g/mol. The summed E-state index contributed by atoms with van der Waals surface area (Å²) in [7, 11) is 0. The summed E-state index contributed by atoms with van der Waals surface area (Å²) in [6, 6.07) is 20.9. The van der Waals surface area contributed by atoms with Crippen LogP contribution in [0.2, 0.25) is 0 Å². The fourth-order valence-corrected chi connectivity index (χ4v) is 4.73. The molecule has 0 unspecified atom stereocenters. The molecule has 1 heterocycles. The average Bonchev–Trinajstić information content (AvgIpc) is 3.57. The second-order valence-corrected chi connectivity index (χ2v) is 11.2. The van der Waals surface area contributed by atoms with Crippen LogP contribution in [0.25, 0.3) is 22.9 Å². The van der Waals surface area contributed by atoms with Gasteiger partial charge in [-0.3, -0.25) is 0 Å². The first-order valence-electron chi connectivity index (χ1n) is 15.9. The van der Waals surface area contributed by atoms with E-state index in [1.165, 1.54) is 12.1 Å². The van der Waals surface area contributed by atoms with Crippen molar-refractivity contribution in [2.45, 2.75) is 53.4 Å². The minimum atomic E-state index is -0.766. The van der Waals surface area contributed by atoms with E-state index < -0.39 is 17.8 Å². The Balaban J connectivity index is 1.20. The van der Waals surface area contributed by atoms with Crippen molar-refractivity contribution < 1.29 is 37.3 Å². The highest BCUT2D eigenvalue weighted by molar-refractivity contribution is 5.93. The number of carbonyl (C=O) groups is 2. The van der Waals surface area contributed by atoms with E-state index in [0.717, 1.165) is 37.3 Å². The summed E-state index contributed by atoms with van der Waals surface area (Å²) in [5.41, 5.74) is 3.03. The molecule has 0 spiro atoms. The van der Waals surface area contributed by atoms with Crippen molar-refractivity contribution >= 4 is 11.9 Å². The highest BCUT2D eigenvalue weighted by atomic mass is 19.1. The first-order valence-corrected chi connectivity index (χ1v) is 15.9. The largest absolute Gasteiger partial charge is 0.494 e. The summed E-state index contributed by atoms with van der Waals surface area (Å²) in [5.74, 6) is -0.206. The Hall–Kier alpha value is -5.51. The van der Waals surface area contributed by atoms with E-state index in [1.54, 1.807) is 61.5 Å². The summed E-state index contributed by atoms with van der Waals surface area (Å²) >= 11 is 0. The molecule has 1 aromatic heterocycles. The van der Waals surface area contributed by atoms with Gasteiger partial charge in [-0.25, -0.2) is 14.0 Å². The number of hydrogen-bond acceptors (Lipinski definition) is 9. The van der Waals surface area contributed by atoms with E-state index in [-0.39, 0.29) is 17.5 Å². The number of unbranched alkanes of at least 4 members (excludes halogenated alkanes) is 2. The molecule has 5 rings (SSSR count). The minimum Gasteiger partial charge on any atom is -0.494 e. The molecule has 248 valence electrons. The second kappa shape index (κ2) is 15.9. The van der Waals surface area contributed by atoms with Crippen molar-refractivity contribution in [2.75, 3.05) is 13.2 Å². The van der Waals surface area contributed by atoms with Crippen LogP contribution >= 0.6 is 0 Å². The van der Waals surface area contributed by atoms with Crippen molar-refractivity contribution in [1.29, 1.82) is 0 Å². The topological polar surface area (TPSA) is 110 Å². The molecule has 0 saturated heterocycles. The summed E-state index contributed by atoms with van der Waals surface area (Å²) in [6.45, 7) is 8.99. The maximum atomic E-state index is 15.0. The highest BCUT2D eigenvalue weighted by Crippen LogP contribution is 2.30. The van der Waals surface area contributed by atoms with Gasteiger partial charge in [-0.1, -0.05) is 26.7 Å². The van der Waals surface area contributed by atoms with Crippen LogP contribution in [-0.2, 0) is 0 Å². The highest BCUT2D eigenvalue weighted by Gasteiger charge is 2.18. The van der Waals surface area contributed by atoms with Gasteiger partial charge < -0.3 is 23.4 Å². The Kier molecular flexibility index (Phi) is 11.2. The number of hydrogen-bond donors (Lipinski definition) is 0. The molecule has 10 heteroatoms. The quantitative estimate of drug-likeness (QED) is 0.0659. The summed E-state index contributed by atoms with van der Waals surface area (Å²) in [5, 5.41) is 8.11. The van der Waals surface area contributed by atoms with E-state index in [4.69, 9.17) is 23.4 Å². The van der Waals surface area contributed by atoms with Gasteiger partial charge in [-0.2, -0.15) is 0 Å². The van der Waals surface area contributed by atoms with Gasteiger partial charge >= 0.3 is 11.9 Å². The lowest BCUT2D eigenvalue weighted by atomic mass is 10.1. The monoisotopic (exact) mass is 652 g/mol. The number of aryl methyl sites for hydroxylation is 2. The molecule has 5 aromatic rings. The zero-order chi connectivity index (χ0) is 34.0. The Morgan fingerprint density at radius 2 is 1.15 bits per heavy atom. The van der Waals surface area contributed by atoms with Crippen LogP contribution in [0.5, 0.6) is 23.0 Å². The van der Waals surface area contributed by atoms with Crippen LogP contribution in [-0.4, -0.2) is 35.3 Å². The molecule has 48 heavy (non-hydrogen) atoms. The maximum Gasteiger partial charge on any atom is 0.343 e. The SMILES string of the molecule is CCCCOc1ccc(C(=O)Oc2ccc(-c3nnc(-c4ccc(OC(=O)c5ccc(OCCCC)cc5C)c(F)c4)o3)cc2)c(C)c1. The summed E-state index contributed by atoms with van der Waals surface area (Å²) in [6.07, 6.45) is 3.95. The van der Waals surface area contributed by atoms with Gasteiger partial charge in [-0.15, -0.1) is 10.2 Å². The van der Waals surface area contributed by atoms with Crippen LogP contribution in [0, 0.1) is 19.7 Å². The Morgan fingerprint density at radius 3 is 1.67 bits per heavy atom. The molecule has 4 aromatic carbocycles. The van der Waals surface area contributed by atoms with Crippen molar-refractivity contribution in [3.05, 3.63) is 107 Å². The van der Waals surface area contributed by atoms with Gasteiger partial charge in [0.15, 0.2) is 11.6 Å². The molecular formula is C38H37FN2O7. The number of carbonyl (C=O) groups excluding carboxylic acids is 2. The Labute approximate surface area is 278 Å². The molecule has 0 N–H and O–H groups in total. The van der Waals surface area contributed by atoms with Gasteiger partial charge in [-0.05, 0) is 117 Å². The van der Waals surface area contributed by atoms with E-state index >= 15 is 4.39 Å². The smallest absolute Gasteiger partial charge is 0.343 e. The number of ether oxygens (including phenoxy) is 4. The van der Waals surface area contributed by atoms with E-state index in [9.17, 15) is 9.59 Å². The third-order valence-corrected chi connectivity index (χ3v) is 7.49. The number of aromatic nitrogens is 2. The molecule has 0 aliphatic rings. The number of rotatable bonds is 14. The van der Waals surface area contributed by atoms with Crippen LogP contribution in [0.1, 0.15) is 71.4 Å². The normalized spacial score (nSPS) is 10.9. The zero-order valence-corrected chi connectivity index (χ0v) is 27.4. The van der Waals surface area contributed by atoms with Crippen LogP contribution in [0.15, 0.2) is 83.3 Å². The predicted octanol–water partition coefficient (Wildman–Crippen LogP) is 8.96. The summed E-state index contributed by atoms with van der Waals surface area (Å²) < 4.78 is 43.1. The second-order valence-electron chi connectivity index (χ2n) is 11.2. The van der Waals surface area contributed by atoms with Crippen molar-refractivity contribution in [2.24, 2.45) is 0 Å². The summed E-state index contributed by atoms with van der Waals surface area (Å²) in [4.78, 5) is 25.6. The fourth-order valence-electron chi connectivity index (χ4n) is 4.73. The van der Waals surface area contributed by atoms with E-state index in [1.807, 2.05) is 13.0 Å². The molecule has 0 saturated carbocycles. The van der Waals surface area contributed by atoms with Gasteiger partial charge in [0.1, 0.15) is 17.2 Å². The molecule has 0 atom stereocenters. The van der Waals surface area contributed by atoms with E-state index in [0.29, 0.717) is 58.3 Å². The van der Waals surface area contributed by atoms with Crippen LogP contribution in [0.4, 0.5) is 4.39 Å². The van der Waals surface area contributed by atoms with Gasteiger partial charge in [0.25, 0.3) is 0 Å². The van der Waals surface area contributed by atoms with Gasteiger partial charge in [0.05, 0.1) is 24.3 Å². The van der Waals surface area contributed by atoms with Crippen molar-refractivity contribution in [3.8, 4) is 45.9 Å². The average molecular weight is 653 g/mol. The Bertz CT molecular complexity index is 1880. The lowest BCUT2D eigenvalue weighted by Gasteiger charge is -2.10. The van der Waals surface area contributed by atoms with Crippen LogP contribution in [0.3, 0.4) is 0 Å². The number of benzene rings is 4. The first-order chi connectivity index (χ1) is 23.2. The number of esters is 2. The minimum absolute atomic E-state index is 0.0735. The first kappa shape index (κ1) is 33.8. The Morgan fingerprint density at radius 1 is 0.646 bits per heavy atom. The molecule has 0 fully saturated rings. The van der Waals surface area contributed by atoms with E-state index in [2.05, 4.69) is 24.0 Å². The third-order valence-electron chi connectivity index (χ3n) is 7.49. The molecule has 0 amide bonds. The maximum absolute atomic E-state index is 15.0. The third kappa shape index (κ3) is 8.44. The zero-order valence-electron chi connectivity index (χ0n) is 27.4. The molecule has 9 nitrogen and oxygen atoms in total. The molecule has 0 radical (unpaired) electrons. The lowest BCUT2D eigenvalue weighted by Crippen LogP contribution is -2.11. The van der Waals surface area contributed by atoms with Gasteiger partial charge in [0, 0.05) is 11.1 Å². The number of nitrogens with zero attached hydrogens (tertiary/aromatic N) is 2. The molecule has 0 aliphatic carbocycles.